The maximum absolute atomic E-state index is 11.4. The molecule has 4 nitrogen and oxygen atoms in total. The minimum absolute atomic E-state index is 0.123. The second-order valence-corrected chi connectivity index (χ2v) is 13.1. The van der Waals surface area contributed by atoms with E-state index in [1.54, 1.807) is 0 Å². The number of fused-ring (bicyclic) bond motifs is 1. The minimum Gasteiger partial charge on any atom is -0.534 e. The lowest BCUT2D eigenvalue weighted by atomic mass is 10.1. The van der Waals surface area contributed by atoms with Crippen molar-refractivity contribution in [1.29, 1.82) is 0 Å². The van der Waals surface area contributed by atoms with Crippen LogP contribution in [0.3, 0.4) is 0 Å². The number of rotatable bonds is 4. The van der Waals surface area contributed by atoms with E-state index >= 15 is 0 Å². The summed E-state index contributed by atoms with van der Waals surface area (Å²) in [4.78, 5) is 12.8. The van der Waals surface area contributed by atoms with Gasteiger partial charge in [0.05, 0.1) is 0 Å². The van der Waals surface area contributed by atoms with E-state index in [0.29, 0.717) is 13.1 Å². The second kappa shape index (κ2) is 7.65. The molecular formula is C25H27NO3Si. The van der Waals surface area contributed by atoms with Crippen LogP contribution in [0.5, 0.6) is 5.75 Å². The number of carbonyl (C=O) groups is 1. The summed E-state index contributed by atoms with van der Waals surface area (Å²) in [6.45, 7) is 7.59. The second-order valence-electron chi connectivity index (χ2n) is 8.83. The summed E-state index contributed by atoms with van der Waals surface area (Å²) in [7, 11) is -2.69. The Morgan fingerprint density at radius 1 is 0.867 bits per heavy atom. The molecule has 0 aliphatic carbocycles. The van der Waals surface area contributed by atoms with E-state index in [2.05, 4.69) is 69.3 Å². The molecule has 0 saturated heterocycles. The van der Waals surface area contributed by atoms with Crippen molar-refractivity contribution in [2.75, 3.05) is 0 Å². The number of nitrogens with zero attached hydrogens (tertiary/aromatic N) is 1. The summed E-state index contributed by atoms with van der Waals surface area (Å²) in [5.41, 5.74) is 2.07. The Bertz CT molecular complexity index is 1010. The third-order valence-corrected chi connectivity index (χ3v) is 10.8. The Morgan fingerprint density at radius 2 is 1.40 bits per heavy atom. The third kappa shape index (κ3) is 3.50. The molecule has 5 heteroatoms. The van der Waals surface area contributed by atoms with Gasteiger partial charge in [-0.3, -0.25) is 4.90 Å². The lowest BCUT2D eigenvalue weighted by Gasteiger charge is -2.43. The molecule has 1 aliphatic heterocycles. The predicted molar refractivity (Wildman–Crippen MR) is 122 cm³/mol. The van der Waals surface area contributed by atoms with Gasteiger partial charge in [0.2, 0.25) is 0 Å². The standard InChI is InChI=1S/C25H27NO3Si/c1-25(2,3)30(22-10-6-4-7-11-22,23-12-8-5-9-13-23)29-21-15-14-19-17-26(24(27)28)18-20(19)16-21/h4-16H,17-18H2,1-3H3,(H,27,28). The van der Waals surface area contributed by atoms with E-state index < -0.39 is 14.4 Å². The van der Waals surface area contributed by atoms with Crippen molar-refractivity contribution in [3.63, 3.8) is 0 Å². The molecule has 0 bridgehead atoms. The van der Waals surface area contributed by atoms with E-state index in [4.69, 9.17) is 4.43 Å². The highest BCUT2D eigenvalue weighted by molar-refractivity contribution is 7.00. The summed E-state index contributed by atoms with van der Waals surface area (Å²) in [5, 5.41) is 11.7. The SMILES string of the molecule is CC(C)(C)[Si](Oc1ccc2c(c1)CN(C(=O)O)C2)(c1ccccc1)c1ccccc1. The fraction of sp³-hybridized carbons (Fsp3) is 0.240. The van der Waals surface area contributed by atoms with E-state index in [1.807, 2.05) is 30.3 Å². The lowest BCUT2D eigenvalue weighted by molar-refractivity contribution is 0.145. The van der Waals surface area contributed by atoms with E-state index in [1.165, 1.54) is 15.3 Å². The minimum atomic E-state index is -2.69. The van der Waals surface area contributed by atoms with Gasteiger partial charge in [-0.25, -0.2) is 4.79 Å². The highest BCUT2D eigenvalue weighted by Crippen LogP contribution is 2.38. The maximum Gasteiger partial charge on any atom is 0.407 e. The fourth-order valence-corrected chi connectivity index (χ4v) is 8.81. The largest absolute Gasteiger partial charge is 0.534 e. The summed E-state index contributed by atoms with van der Waals surface area (Å²) in [5.74, 6) is 0.801. The quantitative estimate of drug-likeness (QED) is 0.630. The zero-order valence-electron chi connectivity index (χ0n) is 17.6. The van der Waals surface area contributed by atoms with Crippen LogP contribution in [0, 0.1) is 0 Å². The molecule has 1 amide bonds. The summed E-state index contributed by atoms with van der Waals surface area (Å²) >= 11 is 0. The molecule has 0 atom stereocenters. The normalized spacial score (nSPS) is 13.8. The van der Waals surface area contributed by atoms with E-state index in [0.717, 1.165) is 16.9 Å². The van der Waals surface area contributed by atoms with Crippen LogP contribution in [0.2, 0.25) is 5.04 Å². The summed E-state index contributed by atoms with van der Waals surface area (Å²) in [6.07, 6.45) is -0.888. The Morgan fingerprint density at radius 3 is 1.90 bits per heavy atom. The van der Waals surface area contributed by atoms with Gasteiger partial charge in [0.25, 0.3) is 0 Å². The van der Waals surface area contributed by atoms with Crippen molar-refractivity contribution in [2.45, 2.75) is 38.9 Å². The van der Waals surface area contributed by atoms with Crippen LogP contribution in [0.4, 0.5) is 4.79 Å². The molecule has 3 aromatic rings. The maximum atomic E-state index is 11.4. The van der Waals surface area contributed by atoms with Gasteiger partial charge in [0.1, 0.15) is 5.75 Å². The first-order valence-electron chi connectivity index (χ1n) is 10.2. The molecule has 1 N–H and O–H groups in total. The average Bonchev–Trinajstić information content (AvgIpc) is 3.16. The van der Waals surface area contributed by atoms with Crippen LogP contribution >= 0.6 is 0 Å². The molecule has 0 spiro atoms. The van der Waals surface area contributed by atoms with Gasteiger partial charge in [-0.05, 0) is 38.7 Å². The van der Waals surface area contributed by atoms with Crippen LogP contribution in [0.15, 0.2) is 78.9 Å². The Kier molecular flexibility index (Phi) is 5.16. The van der Waals surface area contributed by atoms with Gasteiger partial charge < -0.3 is 9.53 Å². The van der Waals surface area contributed by atoms with Gasteiger partial charge >= 0.3 is 14.4 Å². The number of hydrogen-bond donors (Lipinski definition) is 1. The lowest BCUT2D eigenvalue weighted by Crippen LogP contribution is -2.68. The first-order valence-corrected chi connectivity index (χ1v) is 12.1. The predicted octanol–water partition coefficient (Wildman–Crippen LogP) is 4.62. The molecule has 0 radical (unpaired) electrons. The smallest absolute Gasteiger partial charge is 0.407 e. The van der Waals surface area contributed by atoms with Gasteiger partial charge in [0.15, 0.2) is 0 Å². The van der Waals surface area contributed by atoms with Gasteiger partial charge in [-0.2, -0.15) is 0 Å². The molecule has 30 heavy (non-hydrogen) atoms. The van der Waals surface area contributed by atoms with Crippen LogP contribution in [0.1, 0.15) is 31.9 Å². The van der Waals surface area contributed by atoms with Gasteiger partial charge in [-0.15, -0.1) is 0 Å². The van der Waals surface area contributed by atoms with Crippen molar-refractivity contribution in [2.24, 2.45) is 0 Å². The number of hydrogen-bond acceptors (Lipinski definition) is 2. The van der Waals surface area contributed by atoms with Crippen LogP contribution in [-0.4, -0.2) is 24.4 Å². The van der Waals surface area contributed by atoms with E-state index in [9.17, 15) is 9.90 Å². The Balaban J connectivity index is 1.83. The van der Waals surface area contributed by atoms with E-state index in [-0.39, 0.29) is 5.04 Å². The Hall–Kier alpha value is -3.05. The molecule has 0 saturated carbocycles. The van der Waals surface area contributed by atoms with Crippen LogP contribution in [-0.2, 0) is 13.1 Å². The molecule has 1 heterocycles. The van der Waals surface area contributed by atoms with Crippen LogP contribution in [0.25, 0.3) is 0 Å². The number of benzene rings is 3. The Labute approximate surface area is 178 Å². The van der Waals surface area contributed by atoms with Gasteiger partial charge in [-0.1, -0.05) is 87.5 Å². The van der Waals surface area contributed by atoms with Crippen molar-refractivity contribution in [3.8, 4) is 5.75 Å². The van der Waals surface area contributed by atoms with Crippen LogP contribution < -0.4 is 14.8 Å². The van der Waals surface area contributed by atoms with Gasteiger partial charge in [0, 0.05) is 13.1 Å². The average molecular weight is 418 g/mol. The zero-order valence-corrected chi connectivity index (χ0v) is 18.6. The van der Waals surface area contributed by atoms with Crippen molar-refractivity contribution >= 4 is 24.8 Å². The first kappa shape index (κ1) is 20.2. The zero-order chi connectivity index (χ0) is 21.4. The highest BCUT2D eigenvalue weighted by Gasteiger charge is 2.52. The van der Waals surface area contributed by atoms with Crippen molar-refractivity contribution in [3.05, 3.63) is 90.0 Å². The molecule has 154 valence electrons. The molecule has 3 aromatic carbocycles. The highest BCUT2D eigenvalue weighted by atomic mass is 28.4. The first-order chi connectivity index (χ1) is 14.3. The monoisotopic (exact) mass is 417 g/mol. The number of carboxylic acid groups (broad SMARTS) is 1. The number of amides is 1. The molecule has 1 aliphatic rings. The topological polar surface area (TPSA) is 49.8 Å². The van der Waals surface area contributed by atoms with Crippen molar-refractivity contribution in [1.82, 2.24) is 4.90 Å². The molecule has 0 fully saturated rings. The fourth-order valence-electron chi connectivity index (χ4n) is 4.40. The molecule has 4 rings (SSSR count). The molecule has 0 aromatic heterocycles. The molecule has 0 unspecified atom stereocenters. The third-order valence-electron chi connectivity index (χ3n) is 5.86. The molecular weight excluding hydrogens is 390 g/mol. The summed E-state index contributed by atoms with van der Waals surface area (Å²) < 4.78 is 7.03. The van der Waals surface area contributed by atoms with Crippen molar-refractivity contribution < 1.29 is 14.3 Å². The summed E-state index contributed by atoms with van der Waals surface area (Å²) in [6, 6.07) is 27.1.